The third-order valence-corrected chi connectivity index (χ3v) is 3.29. The molecule has 5 heteroatoms. The van der Waals surface area contributed by atoms with E-state index in [1.807, 2.05) is 29.2 Å². The fraction of sp³-hybridized carbons (Fsp3) is 0.357. The number of aryl methyl sites for hydroxylation is 1. The SMILES string of the molecule is Cc1nc(-c2cccc(C(=O)N3CCCC3)c2)no1. The van der Waals surface area contributed by atoms with Crippen LogP contribution in [0.5, 0.6) is 0 Å². The van der Waals surface area contributed by atoms with Crippen LogP contribution < -0.4 is 0 Å². The number of benzene rings is 1. The van der Waals surface area contributed by atoms with Crippen LogP contribution in [0.3, 0.4) is 0 Å². The molecular formula is C14H15N3O2. The molecule has 2 heterocycles. The van der Waals surface area contributed by atoms with Gasteiger partial charge < -0.3 is 9.42 Å². The Bertz CT molecular complexity index is 600. The first-order chi connectivity index (χ1) is 9.24. The van der Waals surface area contributed by atoms with Crippen LogP contribution in [0.25, 0.3) is 11.4 Å². The molecular weight excluding hydrogens is 242 g/mol. The summed E-state index contributed by atoms with van der Waals surface area (Å²) in [5.74, 6) is 1.12. The van der Waals surface area contributed by atoms with Crippen molar-refractivity contribution in [3.05, 3.63) is 35.7 Å². The molecule has 2 aromatic rings. The molecule has 0 atom stereocenters. The number of carbonyl (C=O) groups is 1. The van der Waals surface area contributed by atoms with Crippen LogP contribution in [0, 0.1) is 6.92 Å². The number of aromatic nitrogens is 2. The molecule has 1 aromatic heterocycles. The highest BCUT2D eigenvalue weighted by molar-refractivity contribution is 5.95. The summed E-state index contributed by atoms with van der Waals surface area (Å²) in [4.78, 5) is 18.4. The molecule has 5 nitrogen and oxygen atoms in total. The number of nitrogens with zero attached hydrogens (tertiary/aromatic N) is 3. The standard InChI is InChI=1S/C14H15N3O2/c1-10-15-13(16-19-10)11-5-4-6-12(9-11)14(18)17-7-2-3-8-17/h4-6,9H,2-3,7-8H2,1H3. The van der Waals surface area contributed by atoms with Gasteiger partial charge in [-0.3, -0.25) is 4.79 Å². The van der Waals surface area contributed by atoms with Gasteiger partial charge in [0.05, 0.1) is 0 Å². The van der Waals surface area contributed by atoms with Gasteiger partial charge in [0.2, 0.25) is 11.7 Å². The lowest BCUT2D eigenvalue weighted by molar-refractivity contribution is 0.0793. The minimum Gasteiger partial charge on any atom is -0.339 e. The van der Waals surface area contributed by atoms with Crippen LogP contribution in [0.15, 0.2) is 28.8 Å². The summed E-state index contributed by atoms with van der Waals surface area (Å²) < 4.78 is 4.96. The lowest BCUT2D eigenvalue weighted by Crippen LogP contribution is -2.27. The molecule has 0 unspecified atom stereocenters. The molecule has 1 fully saturated rings. The van der Waals surface area contributed by atoms with Gasteiger partial charge in [-0.15, -0.1) is 0 Å². The summed E-state index contributed by atoms with van der Waals surface area (Å²) in [6.45, 7) is 3.45. The second kappa shape index (κ2) is 4.84. The third-order valence-electron chi connectivity index (χ3n) is 3.29. The molecule has 0 radical (unpaired) electrons. The fourth-order valence-corrected chi connectivity index (χ4v) is 2.31. The van der Waals surface area contributed by atoms with Gasteiger partial charge in [-0.1, -0.05) is 17.3 Å². The third kappa shape index (κ3) is 2.36. The van der Waals surface area contributed by atoms with Crippen LogP contribution in [0.1, 0.15) is 29.1 Å². The number of hydrogen-bond acceptors (Lipinski definition) is 4. The Kier molecular flexibility index (Phi) is 3.03. The van der Waals surface area contributed by atoms with Crippen molar-refractivity contribution in [1.29, 1.82) is 0 Å². The molecule has 0 saturated carbocycles. The first-order valence-electron chi connectivity index (χ1n) is 6.44. The van der Waals surface area contributed by atoms with E-state index < -0.39 is 0 Å². The van der Waals surface area contributed by atoms with E-state index in [0.717, 1.165) is 31.5 Å². The Morgan fingerprint density at radius 2 is 2.11 bits per heavy atom. The molecule has 0 spiro atoms. The van der Waals surface area contributed by atoms with Crippen LogP contribution in [0.2, 0.25) is 0 Å². The largest absolute Gasteiger partial charge is 0.339 e. The average Bonchev–Trinajstić information content (AvgIpc) is 3.09. The fourth-order valence-electron chi connectivity index (χ4n) is 2.31. The minimum absolute atomic E-state index is 0.0829. The number of likely N-dealkylation sites (tertiary alicyclic amines) is 1. The summed E-state index contributed by atoms with van der Waals surface area (Å²) in [5, 5.41) is 3.87. The molecule has 1 aromatic carbocycles. The number of rotatable bonds is 2. The predicted molar refractivity (Wildman–Crippen MR) is 69.6 cm³/mol. The first kappa shape index (κ1) is 11.9. The maximum atomic E-state index is 12.3. The smallest absolute Gasteiger partial charge is 0.253 e. The zero-order chi connectivity index (χ0) is 13.2. The van der Waals surface area contributed by atoms with Crippen molar-refractivity contribution >= 4 is 5.91 Å². The molecule has 0 N–H and O–H groups in total. The predicted octanol–water partition coefficient (Wildman–Crippen LogP) is 2.28. The first-order valence-corrected chi connectivity index (χ1v) is 6.44. The van der Waals surface area contributed by atoms with Gasteiger partial charge in [0, 0.05) is 31.1 Å². The van der Waals surface area contributed by atoms with Crippen LogP contribution >= 0.6 is 0 Å². The highest BCUT2D eigenvalue weighted by Crippen LogP contribution is 2.19. The topological polar surface area (TPSA) is 59.2 Å². The summed E-state index contributed by atoms with van der Waals surface area (Å²) in [5.41, 5.74) is 1.49. The monoisotopic (exact) mass is 257 g/mol. The van der Waals surface area contributed by atoms with E-state index in [-0.39, 0.29) is 5.91 Å². The van der Waals surface area contributed by atoms with Gasteiger partial charge in [0.15, 0.2) is 0 Å². The number of hydrogen-bond donors (Lipinski definition) is 0. The number of carbonyl (C=O) groups excluding carboxylic acids is 1. The van der Waals surface area contributed by atoms with Gasteiger partial charge >= 0.3 is 0 Å². The summed E-state index contributed by atoms with van der Waals surface area (Å²) in [7, 11) is 0. The van der Waals surface area contributed by atoms with Crippen molar-refractivity contribution in [2.24, 2.45) is 0 Å². The van der Waals surface area contributed by atoms with E-state index >= 15 is 0 Å². The average molecular weight is 257 g/mol. The van der Waals surface area contributed by atoms with Crippen molar-refractivity contribution in [2.45, 2.75) is 19.8 Å². The summed E-state index contributed by atoms with van der Waals surface area (Å²) in [6, 6.07) is 7.39. The van der Waals surface area contributed by atoms with E-state index in [2.05, 4.69) is 10.1 Å². The van der Waals surface area contributed by atoms with Gasteiger partial charge in [0.1, 0.15) is 0 Å². The molecule has 1 amide bonds. The Balaban J connectivity index is 1.89. The summed E-state index contributed by atoms with van der Waals surface area (Å²) >= 11 is 0. The summed E-state index contributed by atoms with van der Waals surface area (Å²) in [6.07, 6.45) is 2.19. The Labute approximate surface area is 111 Å². The van der Waals surface area contributed by atoms with Crippen molar-refractivity contribution < 1.29 is 9.32 Å². The molecule has 1 aliphatic rings. The second-order valence-electron chi connectivity index (χ2n) is 4.72. The van der Waals surface area contributed by atoms with Crippen molar-refractivity contribution in [3.63, 3.8) is 0 Å². The lowest BCUT2D eigenvalue weighted by atomic mass is 10.1. The minimum atomic E-state index is 0.0829. The van der Waals surface area contributed by atoms with Crippen LogP contribution in [-0.2, 0) is 0 Å². The van der Waals surface area contributed by atoms with Gasteiger partial charge in [-0.25, -0.2) is 0 Å². The van der Waals surface area contributed by atoms with E-state index in [1.54, 1.807) is 6.92 Å². The lowest BCUT2D eigenvalue weighted by Gasteiger charge is -2.15. The molecule has 1 saturated heterocycles. The highest BCUT2D eigenvalue weighted by atomic mass is 16.5. The molecule has 0 aliphatic carbocycles. The number of amides is 1. The molecule has 19 heavy (non-hydrogen) atoms. The van der Waals surface area contributed by atoms with E-state index in [4.69, 9.17) is 4.52 Å². The molecule has 3 rings (SSSR count). The van der Waals surface area contributed by atoms with Crippen molar-refractivity contribution in [3.8, 4) is 11.4 Å². The quantitative estimate of drug-likeness (QED) is 0.828. The maximum absolute atomic E-state index is 12.3. The van der Waals surface area contributed by atoms with Crippen LogP contribution in [0.4, 0.5) is 0 Å². The van der Waals surface area contributed by atoms with E-state index in [0.29, 0.717) is 17.3 Å². The maximum Gasteiger partial charge on any atom is 0.253 e. The molecule has 0 bridgehead atoms. The van der Waals surface area contributed by atoms with Gasteiger partial charge in [-0.05, 0) is 25.0 Å². The zero-order valence-corrected chi connectivity index (χ0v) is 10.8. The van der Waals surface area contributed by atoms with Gasteiger partial charge in [0.25, 0.3) is 5.91 Å². The Hall–Kier alpha value is -2.17. The molecule has 98 valence electrons. The zero-order valence-electron chi connectivity index (χ0n) is 10.8. The van der Waals surface area contributed by atoms with Crippen LogP contribution in [-0.4, -0.2) is 34.0 Å². The van der Waals surface area contributed by atoms with E-state index in [9.17, 15) is 4.79 Å². The van der Waals surface area contributed by atoms with Crippen molar-refractivity contribution in [1.82, 2.24) is 15.0 Å². The Morgan fingerprint density at radius 3 is 2.79 bits per heavy atom. The molecule has 1 aliphatic heterocycles. The van der Waals surface area contributed by atoms with Crippen molar-refractivity contribution in [2.75, 3.05) is 13.1 Å². The Morgan fingerprint density at radius 1 is 1.32 bits per heavy atom. The highest BCUT2D eigenvalue weighted by Gasteiger charge is 2.20. The second-order valence-corrected chi connectivity index (χ2v) is 4.72. The van der Waals surface area contributed by atoms with E-state index in [1.165, 1.54) is 0 Å². The van der Waals surface area contributed by atoms with Gasteiger partial charge in [-0.2, -0.15) is 4.98 Å². The normalized spacial score (nSPS) is 14.9.